The predicted molar refractivity (Wildman–Crippen MR) is 64.8 cm³/mol. The van der Waals surface area contributed by atoms with Gasteiger partial charge in [-0.1, -0.05) is 33.6 Å². The van der Waals surface area contributed by atoms with E-state index in [-0.39, 0.29) is 0 Å². The monoisotopic (exact) mass is 245 g/mol. The molecule has 0 aromatic carbocycles. The van der Waals surface area contributed by atoms with E-state index in [0.29, 0.717) is 19.3 Å². The number of rotatable bonds is 8. The molecule has 0 N–H and O–H groups in total. The molecule has 4 heteroatoms. The molecule has 1 unspecified atom stereocenters. The SMILES string of the molecule is CCCCC(CC)(O[O])C(=O)OC(C)(C)CC. The lowest BCUT2D eigenvalue weighted by Crippen LogP contribution is -2.45. The van der Waals surface area contributed by atoms with Crippen LogP contribution in [0.2, 0.25) is 0 Å². The predicted octanol–water partition coefficient (Wildman–Crippen LogP) is 3.42. The Balaban J connectivity index is 4.75. The van der Waals surface area contributed by atoms with E-state index in [1.54, 1.807) is 6.92 Å². The zero-order chi connectivity index (χ0) is 13.5. The van der Waals surface area contributed by atoms with Gasteiger partial charge in [0.15, 0.2) is 0 Å². The number of hydrogen-bond acceptors (Lipinski definition) is 3. The standard InChI is InChI=1S/C13H25O4/c1-6-9-10-13(8-3,17-15)11(14)16-12(4,5)7-2/h6-10H2,1-5H3. The van der Waals surface area contributed by atoms with Gasteiger partial charge in [-0.2, -0.15) is 4.89 Å². The lowest BCUT2D eigenvalue weighted by Gasteiger charge is -2.31. The van der Waals surface area contributed by atoms with E-state index < -0.39 is 17.2 Å². The van der Waals surface area contributed by atoms with Gasteiger partial charge in [0.25, 0.3) is 0 Å². The van der Waals surface area contributed by atoms with Crippen molar-refractivity contribution in [3.8, 4) is 0 Å². The minimum Gasteiger partial charge on any atom is -0.457 e. The largest absolute Gasteiger partial charge is 0.457 e. The van der Waals surface area contributed by atoms with Gasteiger partial charge in [0, 0.05) is 0 Å². The van der Waals surface area contributed by atoms with Gasteiger partial charge >= 0.3 is 5.97 Å². The van der Waals surface area contributed by atoms with Crippen LogP contribution in [0.5, 0.6) is 0 Å². The van der Waals surface area contributed by atoms with Crippen LogP contribution in [0.1, 0.15) is 66.7 Å². The van der Waals surface area contributed by atoms with Crippen molar-refractivity contribution in [1.29, 1.82) is 0 Å². The van der Waals surface area contributed by atoms with Crippen molar-refractivity contribution < 1.29 is 19.7 Å². The van der Waals surface area contributed by atoms with Crippen molar-refractivity contribution in [1.82, 2.24) is 0 Å². The highest BCUT2D eigenvalue weighted by Crippen LogP contribution is 2.27. The molecular weight excluding hydrogens is 220 g/mol. The first kappa shape index (κ1) is 16.4. The van der Waals surface area contributed by atoms with Crippen molar-refractivity contribution in [3.05, 3.63) is 0 Å². The van der Waals surface area contributed by atoms with Gasteiger partial charge in [-0.05, 0) is 38.4 Å². The highest BCUT2D eigenvalue weighted by atomic mass is 17.1. The summed E-state index contributed by atoms with van der Waals surface area (Å²) in [6, 6.07) is 0. The third kappa shape index (κ3) is 4.64. The first-order valence-electron chi connectivity index (χ1n) is 6.42. The first-order chi connectivity index (χ1) is 7.87. The molecular formula is C13H25O4. The van der Waals surface area contributed by atoms with Crippen LogP contribution in [-0.2, 0) is 19.7 Å². The van der Waals surface area contributed by atoms with E-state index in [4.69, 9.17) is 4.74 Å². The maximum Gasteiger partial charge on any atom is 0.342 e. The number of esters is 1. The molecule has 0 bridgehead atoms. The van der Waals surface area contributed by atoms with E-state index in [2.05, 4.69) is 4.89 Å². The average molecular weight is 245 g/mol. The summed E-state index contributed by atoms with van der Waals surface area (Å²) in [5.41, 5.74) is -1.87. The zero-order valence-corrected chi connectivity index (χ0v) is 11.7. The Morgan fingerprint density at radius 1 is 1.12 bits per heavy atom. The molecule has 0 aliphatic heterocycles. The van der Waals surface area contributed by atoms with Gasteiger partial charge in [0.2, 0.25) is 5.60 Å². The van der Waals surface area contributed by atoms with Crippen LogP contribution in [0.3, 0.4) is 0 Å². The Labute approximate surface area is 104 Å². The molecule has 1 atom stereocenters. The number of carbonyl (C=O) groups is 1. The Kier molecular flexibility index (Phi) is 6.72. The lowest BCUT2D eigenvalue weighted by atomic mass is 9.93. The Bertz CT molecular complexity index is 232. The molecule has 0 saturated heterocycles. The molecule has 0 aromatic rings. The smallest absolute Gasteiger partial charge is 0.342 e. The molecule has 0 heterocycles. The molecule has 0 aliphatic rings. The normalized spacial score (nSPS) is 15.4. The van der Waals surface area contributed by atoms with Crippen molar-refractivity contribution in [2.75, 3.05) is 0 Å². The van der Waals surface area contributed by atoms with Gasteiger partial charge in [-0.25, -0.2) is 4.79 Å². The number of hydrogen-bond donors (Lipinski definition) is 0. The quantitative estimate of drug-likeness (QED) is 0.374. The van der Waals surface area contributed by atoms with Crippen LogP contribution >= 0.6 is 0 Å². The van der Waals surface area contributed by atoms with Crippen LogP contribution < -0.4 is 0 Å². The highest BCUT2D eigenvalue weighted by molar-refractivity contribution is 5.79. The molecule has 0 aromatic heterocycles. The van der Waals surface area contributed by atoms with Crippen molar-refractivity contribution in [3.63, 3.8) is 0 Å². The second-order valence-electron chi connectivity index (χ2n) is 5.04. The summed E-state index contributed by atoms with van der Waals surface area (Å²) in [5, 5.41) is 10.9. The summed E-state index contributed by atoms with van der Waals surface area (Å²) >= 11 is 0. The molecule has 17 heavy (non-hydrogen) atoms. The summed E-state index contributed by atoms with van der Waals surface area (Å²) < 4.78 is 5.37. The van der Waals surface area contributed by atoms with E-state index in [9.17, 15) is 10.1 Å². The second kappa shape index (κ2) is 6.97. The van der Waals surface area contributed by atoms with Gasteiger partial charge in [-0.3, -0.25) is 0 Å². The molecule has 0 spiro atoms. The van der Waals surface area contributed by atoms with E-state index in [1.807, 2.05) is 27.7 Å². The molecule has 0 rings (SSSR count). The molecule has 1 radical (unpaired) electrons. The second-order valence-corrected chi connectivity index (χ2v) is 5.04. The molecule has 0 saturated carbocycles. The zero-order valence-electron chi connectivity index (χ0n) is 11.7. The fourth-order valence-corrected chi connectivity index (χ4v) is 1.44. The lowest BCUT2D eigenvalue weighted by molar-refractivity contribution is -0.370. The van der Waals surface area contributed by atoms with E-state index in [1.165, 1.54) is 0 Å². The summed E-state index contributed by atoms with van der Waals surface area (Å²) in [4.78, 5) is 16.3. The van der Waals surface area contributed by atoms with Crippen LogP contribution in [0.15, 0.2) is 0 Å². The van der Waals surface area contributed by atoms with Crippen LogP contribution in [0.25, 0.3) is 0 Å². The summed E-state index contributed by atoms with van der Waals surface area (Å²) in [5.74, 6) is -0.532. The topological polar surface area (TPSA) is 55.4 Å². The Morgan fingerprint density at radius 2 is 1.71 bits per heavy atom. The first-order valence-corrected chi connectivity index (χ1v) is 6.42. The molecule has 0 aliphatic carbocycles. The number of carbonyl (C=O) groups excluding carboxylic acids is 1. The summed E-state index contributed by atoms with van der Waals surface area (Å²) in [6.45, 7) is 9.37. The Hall–Kier alpha value is -0.610. The van der Waals surface area contributed by atoms with Crippen LogP contribution in [0.4, 0.5) is 0 Å². The minimum absolute atomic E-state index is 0.342. The van der Waals surface area contributed by atoms with Crippen molar-refractivity contribution in [2.24, 2.45) is 0 Å². The third-order valence-electron chi connectivity index (χ3n) is 3.26. The maximum absolute atomic E-state index is 12.1. The van der Waals surface area contributed by atoms with Crippen molar-refractivity contribution in [2.45, 2.75) is 77.9 Å². The maximum atomic E-state index is 12.1. The Morgan fingerprint density at radius 3 is 2.06 bits per heavy atom. The highest BCUT2D eigenvalue weighted by Gasteiger charge is 2.42. The molecule has 0 fully saturated rings. The third-order valence-corrected chi connectivity index (χ3v) is 3.26. The van der Waals surface area contributed by atoms with Crippen LogP contribution in [0, 0.1) is 0 Å². The number of ether oxygens (including phenoxy) is 1. The average Bonchev–Trinajstić information content (AvgIpc) is 2.30. The van der Waals surface area contributed by atoms with Crippen LogP contribution in [-0.4, -0.2) is 17.2 Å². The van der Waals surface area contributed by atoms with E-state index in [0.717, 1.165) is 12.8 Å². The van der Waals surface area contributed by atoms with Gasteiger partial charge in [0.05, 0.1) is 0 Å². The minimum atomic E-state index is -1.32. The van der Waals surface area contributed by atoms with E-state index >= 15 is 0 Å². The molecule has 0 amide bonds. The number of unbranched alkanes of at least 4 members (excludes halogenated alkanes) is 1. The molecule has 4 nitrogen and oxygen atoms in total. The molecule has 101 valence electrons. The fourth-order valence-electron chi connectivity index (χ4n) is 1.44. The fraction of sp³-hybridized carbons (Fsp3) is 0.923. The van der Waals surface area contributed by atoms with Crippen molar-refractivity contribution >= 4 is 5.97 Å². The summed E-state index contributed by atoms with van der Waals surface area (Å²) in [6.07, 6.45) is 3.15. The van der Waals surface area contributed by atoms with Gasteiger partial charge in [0.1, 0.15) is 5.60 Å². The van der Waals surface area contributed by atoms with Gasteiger partial charge in [-0.15, -0.1) is 0 Å². The van der Waals surface area contributed by atoms with Gasteiger partial charge < -0.3 is 4.74 Å². The summed E-state index contributed by atoms with van der Waals surface area (Å²) in [7, 11) is 0.